The normalized spacial score (nSPS) is 10.7. The number of halogens is 1. The summed E-state index contributed by atoms with van der Waals surface area (Å²) in [6, 6.07) is 14.0. The van der Waals surface area contributed by atoms with Gasteiger partial charge < -0.3 is 10.1 Å². The first-order chi connectivity index (χ1) is 12.9. The van der Waals surface area contributed by atoms with Gasteiger partial charge in [0.2, 0.25) is 5.91 Å². The van der Waals surface area contributed by atoms with E-state index in [1.54, 1.807) is 24.3 Å². The molecule has 0 aliphatic heterocycles. The van der Waals surface area contributed by atoms with Gasteiger partial charge in [0.25, 0.3) is 11.8 Å². The van der Waals surface area contributed by atoms with Crippen molar-refractivity contribution in [2.45, 2.75) is 6.92 Å². The number of hydrogen-bond donors (Lipinski definition) is 3. The number of carbonyl (C=O) groups is 3. The average molecular weight is 371 g/mol. The molecule has 0 spiro atoms. The summed E-state index contributed by atoms with van der Waals surface area (Å²) in [7, 11) is 0. The minimum atomic E-state index is -0.704. The van der Waals surface area contributed by atoms with Crippen molar-refractivity contribution in [3.05, 3.63) is 71.7 Å². The second kappa shape index (κ2) is 9.71. The van der Waals surface area contributed by atoms with Crippen LogP contribution in [0.4, 0.5) is 4.39 Å². The van der Waals surface area contributed by atoms with Gasteiger partial charge >= 0.3 is 0 Å². The molecule has 0 saturated heterocycles. The Morgan fingerprint density at radius 3 is 2.30 bits per heavy atom. The molecule has 0 saturated carbocycles. The summed E-state index contributed by atoms with van der Waals surface area (Å²) in [6.07, 6.45) is 1.47. The van der Waals surface area contributed by atoms with E-state index >= 15 is 0 Å². The SMILES string of the molecule is CC(=O)N/C(=C\c1ccccc1)C(=O)NNC(=O)COc1ccc(F)cc1. The van der Waals surface area contributed by atoms with Crippen molar-refractivity contribution >= 4 is 23.8 Å². The van der Waals surface area contributed by atoms with Gasteiger partial charge in [-0.1, -0.05) is 30.3 Å². The molecule has 0 bridgehead atoms. The number of hydrogen-bond acceptors (Lipinski definition) is 4. The Morgan fingerprint density at radius 2 is 1.67 bits per heavy atom. The van der Waals surface area contributed by atoms with E-state index in [0.717, 1.165) is 0 Å². The van der Waals surface area contributed by atoms with Crippen molar-refractivity contribution in [3.8, 4) is 5.75 Å². The minimum absolute atomic E-state index is 0.0338. The van der Waals surface area contributed by atoms with Gasteiger partial charge in [0.15, 0.2) is 6.61 Å². The van der Waals surface area contributed by atoms with E-state index in [-0.39, 0.29) is 12.3 Å². The molecule has 3 N–H and O–H groups in total. The molecule has 2 aromatic carbocycles. The quantitative estimate of drug-likeness (QED) is 0.530. The highest BCUT2D eigenvalue weighted by molar-refractivity contribution is 6.01. The van der Waals surface area contributed by atoms with Crippen molar-refractivity contribution in [1.82, 2.24) is 16.2 Å². The maximum absolute atomic E-state index is 12.8. The van der Waals surface area contributed by atoms with Gasteiger partial charge in [-0.15, -0.1) is 0 Å². The molecule has 0 heterocycles. The maximum atomic E-state index is 12.8. The number of benzene rings is 2. The second-order valence-corrected chi connectivity index (χ2v) is 5.39. The minimum Gasteiger partial charge on any atom is -0.484 e. The third kappa shape index (κ3) is 6.99. The summed E-state index contributed by atoms with van der Waals surface area (Å²) in [5, 5.41) is 2.41. The first-order valence-corrected chi connectivity index (χ1v) is 7.96. The first-order valence-electron chi connectivity index (χ1n) is 7.96. The topological polar surface area (TPSA) is 96.5 Å². The third-order valence-corrected chi connectivity index (χ3v) is 3.16. The van der Waals surface area contributed by atoms with Crippen molar-refractivity contribution in [1.29, 1.82) is 0 Å². The van der Waals surface area contributed by atoms with Crippen LogP contribution in [0.3, 0.4) is 0 Å². The standard InChI is InChI=1S/C19H18FN3O4/c1-13(24)21-17(11-14-5-3-2-4-6-14)19(26)23-22-18(25)12-27-16-9-7-15(20)8-10-16/h2-11H,12H2,1H3,(H,21,24)(H,22,25)(H,23,26)/b17-11-. The Bertz CT molecular complexity index is 836. The monoisotopic (exact) mass is 371 g/mol. The molecule has 140 valence electrons. The van der Waals surface area contributed by atoms with Crippen LogP contribution < -0.4 is 20.9 Å². The molecule has 0 unspecified atom stereocenters. The molecule has 0 aromatic heterocycles. The van der Waals surface area contributed by atoms with Crippen LogP contribution >= 0.6 is 0 Å². The molecule has 2 rings (SSSR count). The molecular weight excluding hydrogens is 353 g/mol. The van der Waals surface area contributed by atoms with Gasteiger partial charge in [-0.25, -0.2) is 4.39 Å². The van der Waals surface area contributed by atoms with Crippen LogP contribution in [0, 0.1) is 5.82 Å². The second-order valence-electron chi connectivity index (χ2n) is 5.39. The number of ether oxygens (including phenoxy) is 1. The fraction of sp³-hybridized carbons (Fsp3) is 0.105. The van der Waals surface area contributed by atoms with Crippen LogP contribution in [0.25, 0.3) is 6.08 Å². The van der Waals surface area contributed by atoms with Gasteiger partial charge in [0.05, 0.1) is 0 Å². The highest BCUT2D eigenvalue weighted by Gasteiger charge is 2.12. The van der Waals surface area contributed by atoms with Gasteiger partial charge in [0, 0.05) is 6.92 Å². The Balaban J connectivity index is 1.90. The summed E-state index contributed by atoms with van der Waals surface area (Å²) >= 11 is 0. The Morgan fingerprint density at radius 1 is 1.00 bits per heavy atom. The zero-order valence-corrected chi connectivity index (χ0v) is 14.5. The summed E-state index contributed by atoms with van der Waals surface area (Å²) in [6.45, 7) is 0.880. The van der Waals surface area contributed by atoms with Gasteiger partial charge in [-0.3, -0.25) is 25.2 Å². The van der Waals surface area contributed by atoms with Crippen molar-refractivity contribution in [2.24, 2.45) is 0 Å². The van der Waals surface area contributed by atoms with Crippen molar-refractivity contribution in [3.63, 3.8) is 0 Å². The van der Waals surface area contributed by atoms with E-state index in [2.05, 4.69) is 16.2 Å². The number of carbonyl (C=O) groups excluding carboxylic acids is 3. The predicted octanol–water partition coefficient (Wildman–Crippen LogP) is 1.53. The molecular formula is C19H18FN3O4. The predicted molar refractivity (Wildman–Crippen MR) is 96.4 cm³/mol. The summed E-state index contributed by atoms with van der Waals surface area (Å²) in [5.74, 6) is -1.88. The Labute approximate surface area is 155 Å². The molecule has 0 aliphatic rings. The lowest BCUT2D eigenvalue weighted by Gasteiger charge is -2.11. The van der Waals surface area contributed by atoms with Crippen LogP contribution in [-0.4, -0.2) is 24.3 Å². The van der Waals surface area contributed by atoms with Crippen LogP contribution in [0.15, 0.2) is 60.3 Å². The zero-order valence-electron chi connectivity index (χ0n) is 14.5. The molecule has 7 nitrogen and oxygen atoms in total. The van der Waals surface area contributed by atoms with Gasteiger partial charge in [-0.2, -0.15) is 0 Å². The van der Waals surface area contributed by atoms with Crippen molar-refractivity contribution < 1.29 is 23.5 Å². The van der Waals surface area contributed by atoms with E-state index in [0.29, 0.717) is 11.3 Å². The lowest BCUT2D eigenvalue weighted by molar-refractivity contribution is -0.128. The van der Waals surface area contributed by atoms with E-state index in [1.165, 1.54) is 37.3 Å². The van der Waals surface area contributed by atoms with E-state index < -0.39 is 23.5 Å². The van der Waals surface area contributed by atoms with E-state index in [4.69, 9.17) is 4.74 Å². The fourth-order valence-corrected chi connectivity index (χ4v) is 1.97. The van der Waals surface area contributed by atoms with Gasteiger partial charge in [0.1, 0.15) is 17.3 Å². The number of hydrazine groups is 1. The lowest BCUT2D eigenvalue weighted by Crippen LogP contribution is -2.46. The molecule has 27 heavy (non-hydrogen) atoms. The third-order valence-electron chi connectivity index (χ3n) is 3.16. The number of amides is 3. The first kappa shape index (κ1) is 19.6. The highest BCUT2D eigenvalue weighted by Crippen LogP contribution is 2.10. The van der Waals surface area contributed by atoms with Crippen molar-refractivity contribution in [2.75, 3.05) is 6.61 Å². The van der Waals surface area contributed by atoms with Crippen LogP contribution in [0.1, 0.15) is 12.5 Å². The highest BCUT2D eigenvalue weighted by atomic mass is 19.1. The molecule has 0 atom stereocenters. The van der Waals surface area contributed by atoms with Crippen LogP contribution in [-0.2, 0) is 14.4 Å². The molecule has 8 heteroatoms. The summed E-state index contributed by atoms with van der Waals surface area (Å²) < 4.78 is 18.0. The molecule has 0 radical (unpaired) electrons. The summed E-state index contributed by atoms with van der Waals surface area (Å²) in [5.41, 5.74) is 5.03. The van der Waals surface area contributed by atoms with Gasteiger partial charge in [-0.05, 0) is 35.9 Å². The van der Waals surface area contributed by atoms with Crippen LogP contribution in [0.5, 0.6) is 5.75 Å². The Hall–Kier alpha value is -3.68. The number of nitrogens with one attached hydrogen (secondary N) is 3. The molecule has 2 aromatic rings. The molecule has 3 amide bonds. The fourth-order valence-electron chi connectivity index (χ4n) is 1.97. The van der Waals surface area contributed by atoms with Crippen LogP contribution in [0.2, 0.25) is 0 Å². The Kier molecular flexibility index (Phi) is 7.07. The zero-order chi connectivity index (χ0) is 19.6. The molecule has 0 aliphatic carbocycles. The average Bonchev–Trinajstić information content (AvgIpc) is 2.65. The largest absolute Gasteiger partial charge is 0.484 e. The smallest absolute Gasteiger partial charge is 0.286 e. The lowest BCUT2D eigenvalue weighted by atomic mass is 10.2. The number of rotatable bonds is 6. The molecule has 0 fully saturated rings. The maximum Gasteiger partial charge on any atom is 0.286 e. The van der Waals surface area contributed by atoms with E-state index in [9.17, 15) is 18.8 Å². The van der Waals surface area contributed by atoms with E-state index in [1.807, 2.05) is 6.07 Å². The summed E-state index contributed by atoms with van der Waals surface area (Å²) in [4.78, 5) is 35.3.